The standard InChI is InChI=1S/C10H11N2O8P/c1-18-21(17,19-2)9(11-14)10(13)20-8-5-3-7(4-6-8)12(15)16/h3-6,14H,1-2H3. The Morgan fingerprint density at radius 3 is 2.19 bits per heavy atom. The van der Waals surface area contributed by atoms with Crippen molar-refractivity contribution in [3.8, 4) is 5.75 Å². The first kappa shape index (κ1) is 16.8. The van der Waals surface area contributed by atoms with Gasteiger partial charge in [0.05, 0.1) is 4.92 Å². The number of esters is 1. The summed E-state index contributed by atoms with van der Waals surface area (Å²) in [4.78, 5) is 21.6. The highest BCUT2D eigenvalue weighted by Gasteiger charge is 2.38. The lowest BCUT2D eigenvalue weighted by molar-refractivity contribution is -0.384. The molecule has 1 aromatic carbocycles. The van der Waals surface area contributed by atoms with E-state index in [0.717, 1.165) is 38.5 Å². The van der Waals surface area contributed by atoms with E-state index in [9.17, 15) is 19.5 Å². The predicted molar refractivity (Wildman–Crippen MR) is 69.6 cm³/mol. The monoisotopic (exact) mass is 318 g/mol. The lowest BCUT2D eigenvalue weighted by atomic mass is 10.3. The molecule has 0 unspecified atom stereocenters. The van der Waals surface area contributed by atoms with Gasteiger partial charge in [-0.25, -0.2) is 4.79 Å². The van der Waals surface area contributed by atoms with Crippen molar-refractivity contribution < 1.29 is 33.3 Å². The molecule has 11 heteroatoms. The number of carbonyl (C=O) groups is 1. The van der Waals surface area contributed by atoms with E-state index < -0.39 is 23.9 Å². The van der Waals surface area contributed by atoms with Crippen LogP contribution in [0.3, 0.4) is 0 Å². The Labute approximate surface area is 118 Å². The zero-order valence-electron chi connectivity index (χ0n) is 11.0. The Hall–Kier alpha value is -2.29. The van der Waals surface area contributed by atoms with E-state index in [1.165, 1.54) is 0 Å². The molecular weight excluding hydrogens is 307 g/mol. The molecule has 0 radical (unpaired) electrons. The van der Waals surface area contributed by atoms with E-state index in [-0.39, 0.29) is 11.4 Å². The fraction of sp³-hybridized carbons (Fsp3) is 0.200. The van der Waals surface area contributed by atoms with E-state index in [1.807, 2.05) is 0 Å². The van der Waals surface area contributed by atoms with Gasteiger partial charge in [0.2, 0.25) is 0 Å². The molecule has 10 nitrogen and oxygen atoms in total. The molecule has 1 rings (SSSR count). The van der Waals surface area contributed by atoms with Crippen molar-refractivity contribution in [2.75, 3.05) is 14.2 Å². The van der Waals surface area contributed by atoms with Gasteiger partial charge in [-0.05, 0) is 12.1 Å². The van der Waals surface area contributed by atoms with E-state index >= 15 is 0 Å². The first-order valence-electron chi connectivity index (χ1n) is 5.28. The van der Waals surface area contributed by atoms with E-state index in [2.05, 4.69) is 14.2 Å². The Balaban J connectivity index is 2.94. The van der Waals surface area contributed by atoms with Gasteiger partial charge in [-0.15, -0.1) is 0 Å². The number of nitrogens with zero attached hydrogens (tertiary/aromatic N) is 2. The maximum Gasteiger partial charge on any atom is 0.390 e. The average Bonchev–Trinajstić information content (AvgIpc) is 2.48. The van der Waals surface area contributed by atoms with Crippen LogP contribution in [-0.2, 0) is 18.4 Å². The second-order valence-corrected chi connectivity index (χ2v) is 5.58. The Kier molecular flexibility index (Phi) is 5.53. The van der Waals surface area contributed by atoms with Crippen molar-refractivity contribution in [2.24, 2.45) is 5.16 Å². The van der Waals surface area contributed by atoms with Crippen LogP contribution in [0.15, 0.2) is 29.4 Å². The third-order valence-electron chi connectivity index (χ3n) is 2.28. The topological polar surface area (TPSA) is 138 Å². The van der Waals surface area contributed by atoms with Crippen molar-refractivity contribution in [1.29, 1.82) is 0 Å². The molecule has 0 aliphatic carbocycles. The van der Waals surface area contributed by atoms with Crippen LogP contribution in [0.5, 0.6) is 5.75 Å². The number of carbonyl (C=O) groups excluding carboxylic acids is 1. The van der Waals surface area contributed by atoms with Crippen LogP contribution < -0.4 is 4.74 Å². The number of oxime groups is 1. The van der Waals surface area contributed by atoms with Gasteiger partial charge in [-0.2, -0.15) is 0 Å². The smallest absolute Gasteiger partial charge is 0.390 e. The number of benzene rings is 1. The predicted octanol–water partition coefficient (Wildman–Crippen LogP) is 1.77. The number of hydrogen-bond acceptors (Lipinski definition) is 9. The fourth-order valence-corrected chi connectivity index (χ4v) is 2.12. The molecule has 1 aromatic rings. The third-order valence-corrected chi connectivity index (χ3v) is 4.03. The summed E-state index contributed by atoms with van der Waals surface area (Å²) in [5.41, 5.74) is -1.16. The zero-order chi connectivity index (χ0) is 16.0. The minimum atomic E-state index is -4.09. The highest BCUT2D eigenvalue weighted by atomic mass is 31.2. The van der Waals surface area contributed by atoms with Crippen molar-refractivity contribution in [1.82, 2.24) is 0 Å². The molecule has 114 valence electrons. The van der Waals surface area contributed by atoms with Gasteiger partial charge < -0.3 is 19.0 Å². The van der Waals surface area contributed by atoms with Crippen LogP contribution in [0.2, 0.25) is 0 Å². The molecule has 0 aromatic heterocycles. The molecule has 0 aliphatic heterocycles. The lowest BCUT2D eigenvalue weighted by Gasteiger charge is -2.13. The van der Waals surface area contributed by atoms with Crippen molar-refractivity contribution in [3.05, 3.63) is 34.4 Å². The van der Waals surface area contributed by atoms with Crippen LogP contribution in [0, 0.1) is 10.1 Å². The summed E-state index contributed by atoms with van der Waals surface area (Å²) < 4.78 is 25.7. The van der Waals surface area contributed by atoms with Gasteiger partial charge in [0, 0.05) is 26.4 Å². The molecule has 0 saturated heterocycles. The van der Waals surface area contributed by atoms with Gasteiger partial charge in [-0.3, -0.25) is 14.7 Å². The molecule has 0 amide bonds. The van der Waals surface area contributed by atoms with Gasteiger partial charge in [0.15, 0.2) is 0 Å². The second kappa shape index (κ2) is 6.93. The van der Waals surface area contributed by atoms with E-state index in [0.29, 0.717) is 0 Å². The summed E-state index contributed by atoms with van der Waals surface area (Å²) in [6, 6.07) is 4.50. The van der Waals surface area contributed by atoms with E-state index in [4.69, 9.17) is 9.94 Å². The average molecular weight is 318 g/mol. The van der Waals surface area contributed by atoms with Crippen LogP contribution >= 0.6 is 7.60 Å². The third kappa shape index (κ3) is 3.85. The van der Waals surface area contributed by atoms with Gasteiger partial charge >= 0.3 is 13.6 Å². The maximum atomic E-state index is 11.9. The molecule has 0 atom stereocenters. The van der Waals surface area contributed by atoms with Crippen molar-refractivity contribution in [3.63, 3.8) is 0 Å². The zero-order valence-corrected chi connectivity index (χ0v) is 11.9. The molecule has 0 heterocycles. The number of nitro benzene ring substituents is 1. The van der Waals surface area contributed by atoms with Crippen molar-refractivity contribution in [2.45, 2.75) is 0 Å². The summed E-state index contributed by atoms with van der Waals surface area (Å²) >= 11 is 0. The van der Waals surface area contributed by atoms with Gasteiger partial charge in [0.25, 0.3) is 11.1 Å². The molecule has 21 heavy (non-hydrogen) atoms. The molecule has 0 saturated carbocycles. The number of hydrogen-bond donors (Lipinski definition) is 1. The lowest BCUT2D eigenvalue weighted by Crippen LogP contribution is -2.22. The minimum absolute atomic E-state index is 0.0782. The SMILES string of the molecule is COP(=O)(OC)C(=NO)C(=O)Oc1ccc([N+](=O)[O-])cc1. The van der Waals surface area contributed by atoms with Gasteiger partial charge in [0.1, 0.15) is 5.75 Å². The van der Waals surface area contributed by atoms with Crippen LogP contribution in [0.1, 0.15) is 0 Å². The number of rotatable bonds is 6. The second-order valence-electron chi connectivity index (χ2n) is 3.43. The van der Waals surface area contributed by atoms with Gasteiger partial charge in [-0.1, -0.05) is 5.16 Å². The number of non-ortho nitro benzene ring substituents is 1. The number of nitro groups is 1. The first-order valence-corrected chi connectivity index (χ1v) is 6.83. The normalized spacial score (nSPS) is 12.0. The molecule has 0 fully saturated rings. The molecule has 1 N–H and O–H groups in total. The van der Waals surface area contributed by atoms with Crippen LogP contribution in [0.25, 0.3) is 0 Å². The van der Waals surface area contributed by atoms with Crippen molar-refractivity contribution >= 4 is 24.7 Å². The number of ether oxygens (including phenoxy) is 1. The molecular formula is C10H11N2O8P. The summed E-state index contributed by atoms with van der Waals surface area (Å²) in [5.74, 6) is -1.36. The molecule has 0 bridgehead atoms. The summed E-state index contributed by atoms with van der Waals surface area (Å²) in [7, 11) is -2.10. The highest BCUT2D eigenvalue weighted by molar-refractivity contribution is 7.75. The Morgan fingerprint density at radius 1 is 1.29 bits per heavy atom. The minimum Gasteiger partial charge on any atom is -0.421 e. The van der Waals surface area contributed by atoms with E-state index in [1.54, 1.807) is 0 Å². The maximum absolute atomic E-state index is 11.9. The van der Waals surface area contributed by atoms with Crippen LogP contribution in [0.4, 0.5) is 5.69 Å². The highest BCUT2D eigenvalue weighted by Crippen LogP contribution is 2.48. The molecule has 0 aliphatic rings. The quantitative estimate of drug-likeness (QED) is 0.159. The Bertz CT molecular complexity index is 604. The Morgan fingerprint density at radius 2 is 1.81 bits per heavy atom. The largest absolute Gasteiger partial charge is 0.421 e. The fourth-order valence-electron chi connectivity index (χ4n) is 1.24. The first-order chi connectivity index (χ1) is 9.87. The summed E-state index contributed by atoms with van der Waals surface area (Å²) in [5, 5.41) is 21.8. The summed E-state index contributed by atoms with van der Waals surface area (Å²) in [6.07, 6.45) is 0. The van der Waals surface area contributed by atoms with Crippen LogP contribution in [-0.4, -0.2) is 35.8 Å². The summed E-state index contributed by atoms with van der Waals surface area (Å²) in [6.45, 7) is 0. The molecule has 0 spiro atoms.